The summed E-state index contributed by atoms with van der Waals surface area (Å²) >= 11 is 6.30. The predicted octanol–water partition coefficient (Wildman–Crippen LogP) is 4.23. The fourth-order valence-corrected chi connectivity index (χ4v) is 2.24. The maximum absolute atomic E-state index is 6.30. The van der Waals surface area contributed by atoms with Crippen LogP contribution in [0.3, 0.4) is 0 Å². The van der Waals surface area contributed by atoms with E-state index in [-0.39, 0.29) is 0 Å². The molecule has 1 heterocycles. The highest BCUT2D eigenvalue weighted by molar-refractivity contribution is 6.33. The van der Waals surface area contributed by atoms with Crippen molar-refractivity contribution in [1.82, 2.24) is 10.3 Å². The van der Waals surface area contributed by atoms with E-state index in [2.05, 4.69) is 24.1 Å². The van der Waals surface area contributed by atoms with Crippen LogP contribution in [0.15, 0.2) is 28.8 Å². The lowest BCUT2D eigenvalue weighted by Crippen LogP contribution is -2.23. The number of nitrogens with zero attached hydrogens (tertiary/aromatic N) is 1. The number of aromatic nitrogens is 1. The molecule has 20 heavy (non-hydrogen) atoms. The Balaban J connectivity index is 2.00. The molecule has 0 bridgehead atoms. The second-order valence-corrected chi connectivity index (χ2v) is 5.65. The van der Waals surface area contributed by atoms with Gasteiger partial charge in [-0.1, -0.05) is 37.6 Å². The molecule has 1 N–H and O–H groups in total. The van der Waals surface area contributed by atoms with E-state index in [1.165, 1.54) is 0 Å². The average Bonchev–Trinajstić information content (AvgIpc) is 2.86. The Kier molecular flexibility index (Phi) is 5.21. The molecule has 0 amide bonds. The molecule has 0 atom stereocenters. The zero-order chi connectivity index (χ0) is 14.5. The Morgan fingerprint density at radius 3 is 2.90 bits per heavy atom. The molecule has 3 nitrogen and oxygen atoms in total. The van der Waals surface area contributed by atoms with Crippen LogP contribution in [0.2, 0.25) is 5.02 Å². The normalized spacial score (nSPS) is 11.2. The molecular weight excluding hydrogens is 272 g/mol. The Morgan fingerprint density at radius 1 is 1.35 bits per heavy atom. The van der Waals surface area contributed by atoms with Crippen LogP contribution < -0.4 is 5.32 Å². The van der Waals surface area contributed by atoms with Gasteiger partial charge in [0.25, 0.3) is 0 Å². The minimum atomic E-state index is 0.515. The quantitative estimate of drug-likeness (QED) is 0.810. The summed E-state index contributed by atoms with van der Waals surface area (Å²) in [6, 6.07) is 6.44. The highest BCUT2D eigenvalue weighted by Crippen LogP contribution is 2.30. The van der Waals surface area contributed by atoms with Crippen LogP contribution in [-0.2, 0) is 6.42 Å². The van der Waals surface area contributed by atoms with E-state index >= 15 is 0 Å². The number of halogens is 1. The predicted molar refractivity (Wildman–Crippen MR) is 83.1 cm³/mol. The van der Waals surface area contributed by atoms with Crippen LogP contribution in [0.4, 0.5) is 0 Å². The van der Waals surface area contributed by atoms with Crippen LogP contribution in [0.25, 0.3) is 11.3 Å². The molecule has 0 aliphatic heterocycles. The van der Waals surface area contributed by atoms with Gasteiger partial charge in [-0.2, -0.15) is 0 Å². The molecule has 1 aromatic heterocycles. The van der Waals surface area contributed by atoms with Crippen LogP contribution in [0.1, 0.15) is 31.7 Å². The van der Waals surface area contributed by atoms with Gasteiger partial charge in [-0.3, -0.25) is 0 Å². The number of benzene rings is 1. The van der Waals surface area contributed by atoms with Crippen LogP contribution >= 0.6 is 11.6 Å². The van der Waals surface area contributed by atoms with E-state index in [0.29, 0.717) is 6.04 Å². The van der Waals surface area contributed by atoms with Gasteiger partial charge < -0.3 is 9.73 Å². The van der Waals surface area contributed by atoms with Crippen LogP contribution in [-0.4, -0.2) is 17.6 Å². The minimum absolute atomic E-state index is 0.515. The van der Waals surface area contributed by atoms with Gasteiger partial charge in [-0.15, -0.1) is 0 Å². The van der Waals surface area contributed by atoms with Crippen LogP contribution in [0.5, 0.6) is 0 Å². The summed E-state index contributed by atoms with van der Waals surface area (Å²) in [5.41, 5.74) is 1.95. The van der Waals surface area contributed by atoms with E-state index in [4.69, 9.17) is 16.0 Å². The third kappa shape index (κ3) is 3.84. The third-order valence-electron chi connectivity index (χ3n) is 3.13. The molecule has 1 aromatic carbocycles. The largest absolute Gasteiger partial charge is 0.441 e. The standard InChI is InChI=1S/C16H21ClN2O/c1-11(2)18-9-5-8-15-19-10-14(20-15)13-7-4-6-12(3)16(13)17/h4,6-7,10-11,18H,5,8-9H2,1-3H3. The highest BCUT2D eigenvalue weighted by Gasteiger charge is 2.11. The minimum Gasteiger partial charge on any atom is -0.441 e. The highest BCUT2D eigenvalue weighted by atomic mass is 35.5. The maximum atomic E-state index is 6.30. The van der Waals surface area contributed by atoms with E-state index in [1.807, 2.05) is 25.1 Å². The summed E-state index contributed by atoms with van der Waals surface area (Å²) in [4.78, 5) is 4.33. The van der Waals surface area contributed by atoms with Gasteiger partial charge >= 0.3 is 0 Å². The topological polar surface area (TPSA) is 38.1 Å². The van der Waals surface area contributed by atoms with Gasteiger partial charge in [0, 0.05) is 18.0 Å². The lowest BCUT2D eigenvalue weighted by molar-refractivity contribution is 0.484. The Morgan fingerprint density at radius 2 is 2.15 bits per heavy atom. The molecule has 0 unspecified atom stereocenters. The Hall–Kier alpha value is -1.32. The molecule has 2 rings (SSSR count). The summed E-state index contributed by atoms with van der Waals surface area (Å²) in [7, 11) is 0. The van der Waals surface area contributed by atoms with Crippen molar-refractivity contribution in [3.8, 4) is 11.3 Å². The van der Waals surface area contributed by atoms with E-state index < -0.39 is 0 Å². The SMILES string of the molecule is Cc1cccc(-c2cnc(CCCNC(C)C)o2)c1Cl. The van der Waals surface area contributed by atoms with Gasteiger partial charge in [0.2, 0.25) is 0 Å². The number of oxazole rings is 1. The monoisotopic (exact) mass is 292 g/mol. The molecular formula is C16H21ClN2O. The Labute approximate surface area is 125 Å². The molecule has 2 aromatic rings. The van der Waals surface area contributed by atoms with E-state index in [1.54, 1.807) is 6.20 Å². The van der Waals surface area contributed by atoms with Crippen molar-refractivity contribution in [2.24, 2.45) is 0 Å². The second-order valence-electron chi connectivity index (χ2n) is 5.27. The third-order valence-corrected chi connectivity index (χ3v) is 3.63. The first kappa shape index (κ1) is 15.1. The molecule has 0 saturated heterocycles. The van der Waals surface area contributed by atoms with Crippen molar-refractivity contribution < 1.29 is 4.42 Å². The van der Waals surface area contributed by atoms with Gasteiger partial charge in [0.05, 0.1) is 11.2 Å². The Bertz CT molecular complexity index is 563. The number of hydrogen-bond acceptors (Lipinski definition) is 3. The van der Waals surface area contributed by atoms with Gasteiger partial charge in [0.15, 0.2) is 11.7 Å². The molecule has 0 aliphatic carbocycles. The van der Waals surface area contributed by atoms with Gasteiger partial charge in [-0.05, 0) is 31.5 Å². The lowest BCUT2D eigenvalue weighted by Gasteiger charge is -2.06. The molecule has 108 valence electrons. The summed E-state index contributed by atoms with van der Waals surface area (Å²) in [5.74, 6) is 1.51. The summed E-state index contributed by atoms with van der Waals surface area (Å²) in [5, 5.41) is 4.11. The second kappa shape index (κ2) is 6.91. The van der Waals surface area contributed by atoms with Crippen molar-refractivity contribution in [1.29, 1.82) is 0 Å². The smallest absolute Gasteiger partial charge is 0.194 e. The fraction of sp³-hybridized carbons (Fsp3) is 0.438. The number of nitrogens with one attached hydrogen (secondary N) is 1. The van der Waals surface area contributed by atoms with Crippen molar-refractivity contribution >= 4 is 11.6 Å². The zero-order valence-electron chi connectivity index (χ0n) is 12.2. The molecule has 0 saturated carbocycles. The maximum Gasteiger partial charge on any atom is 0.194 e. The molecule has 0 aliphatic rings. The summed E-state index contributed by atoms with van der Waals surface area (Å²) in [6.07, 6.45) is 3.61. The molecule has 0 spiro atoms. The lowest BCUT2D eigenvalue weighted by atomic mass is 10.1. The van der Waals surface area contributed by atoms with Gasteiger partial charge in [0.1, 0.15) is 0 Å². The first-order chi connectivity index (χ1) is 9.58. The molecule has 0 fully saturated rings. The number of aryl methyl sites for hydroxylation is 2. The summed E-state index contributed by atoms with van der Waals surface area (Å²) in [6.45, 7) is 7.24. The number of hydrogen-bond donors (Lipinski definition) is 1. The zero-order valence-corrected chi connectivity index (χ0v) is 13.0. The van der Waals surface area contributed by atoms with Crippen molar-refractivity contribution in [2.75, 3.05) is 6.54 Å². The molecule has 4 heteroatoms. The average molecular weight is 293 g/mol. The van der Waals surface area contributed by atoms with Crippen LogP contribution in [0, 0.1) is 6.92 Å². The van der Waals surface area contributed by atoms with Gasteiger partial charge in [-0.25, -0.2) is 4.98 Å². The first-order valence-electron chi connectivity index (χ1n) is 7.01. The molecule has 0 radical (unpaired) electrons. The van der Waals surface area contributed by atoms with Crippen molar-refractivity contribution in [2.45, 2.75) is 39.7 Å². The van der Waals surface area contributed by atoms with E-state index in [0.717, 1.165) is 47.2 Å². The van der Waals surface area contributed by atoms with Crippen molar-refractivity contribution in [3.05, 3.63) is 40.9 Å². The van der Waals surface area contributed by atoms with Crippen molar-refractivity contribution in [3.63, 3.8) is 0 Å². The fourth-order valence-electron chi connectivity index (χ4n) is 2.02. The summed E-state index contributed by atoms with van der Waals surface area (Å²) < 4.78 is 5.79. The first-order valence-corrected chi connectivity index (χ1v) is 7.39. The number of rotatable bonds is 6. The van der Waals surface area contributed by atoms with E-state index in [9.17, 15) is 0 Å².